The second-order valence-electron chi connectivity index (χ2n) is 15.2. The summed E-state index contributed by atoms with van der Waals surface area (Å²) in [7, 11) is 1.05. The monoisotopic (exact) mass is 887 g/mol. The van der Waals surface area contributed by atoms with Crippen LogP contribution in [0.3, 0.4) is 0 Å². The largest absolute Gasteiger partial charge is 0.484 e. The number of esters is 1. The molecule has 6 N–H and O–H groups in total. The summed E-state index contributed by atoms with van der Waals surface area (Å²) < 4.78 is 10.5. The minimum absolute atomic E-state index is 0.0000490. The number of nitrogens with one attached hydrogen (secondary N) is 5. The molecular weight excluding hydrogens is 839 g/mol. The lowest BCUT2D eigenvalue weighted by molar-refractivity contribution is -0.149. The summed E-state index contributed by atoms with van der Waals surface area (Å²) in [6.45, 7) is -0.450. The van der Waals surface area contributed by atoms with Gasteiger partial charge in [-0.25, -0.2) is 4.79 Å². The smallest absolute Gasteiger partial charge is 0.328 e. The second-order valence-corrected chi connectivity index (χ2v) is 16.2. The third-order valence-electron chi connectivity index (χ3n) is 10.5. The maximum atomic E-state index is 14.6. The summed E-state index contributed by atoms with van der Waals surface area (Å²) >= 11 is 1.40. The van der Waals surface area contributed by atoms with Gasteiger partial charge in [-0.1, -0.05) is 103 Å². The van der Waals surface area contributed by atoms with E-state index in [1.807, 2.05) is 102 Å². The highest BCUT2D eigenvalue weighted by atomic mass is 32.1. The van der Waals surface area contributed by atoms with Gasteiger partial charge in [0.1, 0.15) is 36.0 Å². The Morgan fingerprint density at radius 3 is 1.98 bits per heavy atom. The molecule has 0 spiro atoms. The molecule has 2 aliphatic rings. The molecule has 0 saturated carbocycles. The summed E-state index contributed by atoms with van der Waals surface area (Å²) in [5.74, 6) is -5.67. The van der Waals surface area contributed by atoms with Crippen molar-refractivity contribution in [2.45, 2.75) is 68.7 Å². The molecule has 15 nitrogen and oxygen atoms in total. The van der Waals surface area contributed by atoms with Gasteiger partial charge in [0.15, 0.2) is 6.61 Å². The maximum absolute atomic E-state index is 14.6. The number of fused-ring (bicyclic) bond motifs is 16. The van der Waals surface area contributed by atoms with Gasteiger partial charge in [-0.3, -0.25) is 28.8 Å². The average Bonchev–Trinajstić information content (AvgIpc) is 3.82. The van der Waals surface area contributed by atoms with Gasteiger partial charge >= 0.3 is 11.9 Å². The van der Waals surface area contributed by atoms with E-state index in [0.29, 0.717) is 23.3 Å². The van der Waals surface area contributed by atoms with E-state index in [0.717, 1.165) is 28.7 Å². The Morgan fingerprint density at radius 1 is 0.719 bits per heavy atom. The van der Waals surface area contributed by atoms with Gasteiger partial charge in [0.2, 0.25) is 23.6 Å². The van der Waals surface area contributed by atoms with E-state index >= 15 is 0 Å². The molecule has 0 saturated heterocycles. The number of thiophene rings is 1. The van der Waals surface area contributed by atoms with Gasteiger partial charge in [0.25, 0.3) is 5.91 Å². The van der Waals surface area contributed by atoms with E-state index in [1.165, 1.54) is 11.3 Å². The van der Waals surface area contributed by atoms with Crippen LogP contribution in [-0.4, -0.2) is 90.5 Å². The van der Waals surface area contributed by atoms with Gasteiger partial charge in [-0.05, 0) is 64.2 Å². The Kier molecular flexibility index (Phi) is 16.4. The first-order valence-electron chi connectivity index (χ1n) is 20.7. The van der Waals surface area contributed by atoms with Crippen molar-refractivity contribution in [1.29, 1.82) is 0 Å². The number of aliphatic carboxylic acids is 1. The second kappa shape index (κ2) is 22.7. The van der Waals surface area contributed by atoms with Crippen LogP contribution >= 0.6 is 11.3 Å². The quantitative estimate of drug-likeness (QED) is 0.0747. The van der Waals surface area contributed by atoms with Crippen LogP contribution in [0.5, 0.6) is 5.75 Å². The number of carbonyl (C=O) groups is 7. The lowest BCUT2D eigenvalue weighted by Crippen LogP contribution is -2.60. The zero-order chi connectivity index (χ0) is 45.4. The summed E-state index contributed by atoms with van der Waals surface area (Å²) in [4.78, 5) is 95.6. The lowest BCUT2D eigenvalue weighted by atomic mass is 9.99. The molecular formula is C48H49N5O10S. The van der Waals surface area contributed by atoms with E-state index in [-0.39, 0.29) is 25.7 Å². The van der Waals surface area contributed by atoms with Crippen molar-refractivity contribution in [2.24, 2.45) is 0 Å². The van der Waals surface area contributed by atoms with Gasteiger partial charge in [-0.15, -0.1) is 11.3 Å². The first-order chi connectivity index (χ1) is 30.9. The van der Waals surface area contributed by atoms with Gasteiger partial charge in [0.05, 0.1) is 13.5 Å². The fourth-order valence-electron chi connectivity index (χ4n) is 7.12. The van der Waals surface area contributed by atoms with Crippen molar-refractivity contribution in [3.8, 4) is 16.9 Å². The van der Waals surface area contributed by atoms with Crippen molar-refractivity contribution in [1.82, 2.24) is 26.6 Å². The molecule has 7 rings (SSSR count). The number of carbonyl (C=O) groups excluding carboxylic acids is 6. The number of benzene rings is 4. The molecule has 332 valence electrons. The van der Waals surface area contributed by atoms with Crippen LogP contribution in [0.15, 0.2) is 127 Å². The highest BCUT2D eigenvalue weighted by Crippen LogP contribution is 2.21. The molecule has 4 aromatic carbocycles. The number of carboxylic acids is 1. The van der Waals surface area contributed by atoms with Crippen molar-refractivity contribution in [3.63, 3.8) is 0 Å². The molecule has 5 amide bonds. The Bertz CT molecular complexity index is 2380. The zero-order valence-corrected chi connectivity index (χ0v) is 35.8. The first-order valence-corrected chi connectivity index (χ1v) is 21.5. The molecule has 0 fully saturated rings. The van der Waals surface area contributed by atoms with Crippen LogP contribution in [0.1, 0.15) is 34.4 Å². The molecule has 64 heavy (non-hydrogen) atoms. The summed E-state index contributed by atoms with van der Waals surface area (Å²) in [5.41, 5.74) is 4.01. The van der Waals surface area contributed by atoms with Crippen molar-refractivity contribution >= 4 is 52.8 Å². The molecule has 0 aliphatic carbocycles. The minimum atomic E-state index is -1.57. The summed E-state index contributed by atoms with van der Waals surface area (Å²) in [6.07, 6.45) is -0.410. The molecule has 5 aromatic rings. The van der Waals surface area contributed by atoms with E-state index < -0.39 is 84.7 Å². The highest BCUT2D eigenvalue weighted by molar-refractivity contribution is 7.09. The summed E-state index contributed by atoms with van der Waals surface area (Å²) in [6, 6.07) is 29.9. The fraction of sp³-hybridized carbons (Fsp3) is 0.271. The van der Waals surface area contributed by atoms with Crippen molar-refractivity contribution in [2.75, 3.05) is 13.7 Å². The van der Waals surface area contributed by atoms with E-state index in [1.54, 1.807) is 24.3 Å². The summed E-state index contributed by atoms with van der Waals surface area (Å²) in [5, 5.41) is 24.9. The Labute approximate surface area is 373 Å². The third kappa shape index (κ3) is 13.6. The predicted molar refractivity (Wildman–Crippen MR) is 238 cm³/mol. The van der Waals surface area contributed by atoms with Crippen LogP contribution in [0.25, 0.3) is 11.1 Å². The standard InChI is InChI=1S/C48H49N5O10S/c1-62-48(61)41(28-43(55)56)53-46(59)39-26-32-16-21-35(22-17-32)63-29-42(54)49-40(27-36-13-8-24-64-36)47(60)52-38(25-31-14-19-34(20-15-31)33-11-6-3-7-12-33)45(58)50-37(44(57)51-39)23-18-30-9-4-2-5-10-30/h2-17,19-22,24,37-41H,18,23,25-29H2,1H3,(H,49,54)(H,50,58)(H,51,57)(H,52,60)(H,53,59)(H,55,56)/t37-,38+,39+,40-,41+/m1/s1. The molecule has 2 bridgehead atoms. The van der Waals surface area contributed by atoms with E-state index in [4.69, 9.17) is 9.47 Å². The number of amides is 5. The van der Waals surface area contributed by atoms with Gasteiger partial charge < -0.3 is 41.2 Å². The topological polar surface area (TPSA) is 218 Å². The van der Waals surface area contributed by atoms with Crippen LogP contribution in [0.2, 0.25) is 0 Å². The van der Waals surface area contributed by atoms with Crippen LogP contribution in [-0.2, 0) is 64.0 Å². The van der Waals surface area contributed by atoms with Crippen LogP contribution < -0.4 is 31.3 Å². The highest BCUT2D eigenvalue weighted by Gasteiger charge is 2.34. The maximum Gasteiger partial charge on any atom is 0.328 e. The number of rotatable bonds is 13. The number of carboxylic acid groups (broad SMARTS) is 1. The number of methoxy groups -OCH3 is 1. The molecule has 0 radical (unpaired) electrons. The van der Waals surface area contributed by atoms with Crippen LogP contribution in [0, 0.1) is 0 Å². The zero-order valence-electron chi connectivity index (χ0n) is 35.0. The Hall–Kier alpha value is -7.33. The predicted octanol–water partition coefficient (Wildman–Crippen LogP) is 3.54. The van der Waals surface area contributed by atoms with Gasteiger partial charge in [-0.2, -0.15) is 0 Å². The fourth-order valence-corrected chi connectivity index (χ4v) is 7.88. The van der Waals surface area contributed by atoms with E-state index in [9.17, 15) is 38.7 Å². The Balaban J connectivity index is 1.36. The van der Waals surface area contributed by atoms with Crippen molar-refractivity contribution < 1.29 is 48.1 Å². The number of hydrogen-bond acceptors (Lipinski definition) is 10. The molecule has 1 aromatic heterocycles. The van der Waals surface area contributed by atoms with E-state index in [2.05, 4.69) is 26.6 Å². The number of ether oxygens (including phenoxy) is 2. The normalized spacial score (nSPS) is 18.9. The molecule has 2 aliphatic heterocycles. The lowest BCUT2D eigenvalue weighted by Gasteiger charge is -2.27. The molecule has 3 heterocycles. The minimum Gasteiger partial charge on any atom is -0.484 e. The number of aryl methyl sites for hydroxylation is 1. The Morgan fingerprint density at radius 2 is 1.34 bits per heavy atom. The SMILES string of the molecule is COC(=O)[C@H](CC(=O)O)NC(=O)[C@@H]1Cc2ccc(cc2)OCC(=O)N[C@H](Cc2cccs2)C(=O)N[C@@H](Cc2ccc(-c3ccccc3)cc2)C(=O)N[C@H](CCc2ccccc2)C(=O)N1. The van der Waals surface area contributed by atoms with Crippen molar-refractivity contribution in [3.05, 3.63) is 148 Å². The molecule has 16 heteroatoms. The average molecular weight is 888 g/mol. The molecule has 5 atom stereocenters. The molecule has 0 unspecified atom stereocenters. The number of hydrogen-bond donors (Lipinski definition) is 6. The first kappa shape index (κ1) is 46.2. The van der Waals surface area contributed by atoms with Gasteiger partial charge in [0, 0.05) is 24.1 Å². The third-order valence-corrected chi connectivity index (χ3v) is 11.4. The van der Waals surface area contributed by atoms with Crippen LogP contribution in [0.4, 0.5) is 0 Å².